The third-order valence-electron chi connectivity index (χ3n) is 6.11. The summed E-state index contributed by atoms with van der Waals surface area (Å²) in [6.45, 7) is 1.08. The van der Waals surface area contributed by atoms with Gasteiger partial charge in [0.2, 0.25) is 5.95 Å². The molecule has 1 unspecified atom stereocenters. The van der Waals surface area contributed by atoms with Crippen molar-refractivity contribution in [3.63, 3.8) is 0 Å². The Morgan fingerprint density at radius 3 is 2.68 bits per heavy atom. The van der Waals surface area contributed by atoms with Gasteiger partial charge in [-0.25, -0.2) is 19.7 Å². The molecule has 2 aromatic heterocycles. The molecule has 3 aromatic rings. The molecule has 0 aliphatic carbocycles. The predicted molar refractivity (Wildman–Crippen MR) is 134 cm³/mol. The van der Waals surface area contributed by atoms with Gasteiger partial charge in [-0.2, -0.15) is 0 Å². The molecule has 1 atom stereocenters. The zero-order chi connectivity index (χ0) is 26.4. The van der Waals surface area contributed by atoms with Gasteiger partial charge in [-0.3, -0.25) is 14.3 Å². The Balaban J connectivity index is 1.66. The summed E-state index contributed by atoms with van der Waals surface area (Å²) in [6.07, 6.45) is 4.60. The Labute approximate surface area is 218 Å². The average molecular weight is 530 g/mol. The van der Waals surface area contributed by atoms with Gasteiger partial charge in [0, 0.05) is 44.6 Å². The number of hydrogen-bond acceptors (Lipinski definition) is 9. The van der Waals surface area contributed by atoms with Crippen molar-refractivity contribution >= 4 is 23.6 Å². The maximum absolute atomic E-state index is 13.9. The van der Waals surface area contributed by atoms with Crippen LogP contribution in [0.3, 0.4) is 0 Å². The lowest BCUT2D eigenvalue weighted by Gasteiger charge is -2.44. The number of carbonyl (C=O) groups excluding carboxylic acids is 2. The van der Waals surface area contributed by atoms with Crippen LogP contribution in [-0.2, 0) is 21.5 Å². The molecule has 12 nitrogen and oxygen atoms in total. The first-order valence-corrected chi connectivity index (χ1v) is 11.9. The highest BCUT2D eigenvalue weighted by Crippen LogP contribution is 2.32. The van der Waals surface area contributed by atoms with Crippen LogP contribution >= 0.6 is 11.6 Å². The lowest BCUT2D eigenvalue weighted by molar-refractivity contribution is -0.134. The smallest absolute Gasteiger partial charge is 0.410 e. The van der Waals surface area contributed by atoms with E-state index in [1.54, 1.807) is 31.2 Å². The van der Waals surface area contributed by atoms with Crippen LogP contribution in [0.25, 0.3) is 5.95 Å². The molecule has 1 aromatic carbocycles. The van der Waals surface area contributed by atoms with Crippen LogP contribution in [0.2, 0.25) is 5.15 Å². The quantitative estimate of drug-likeness (QED) is 0.417. The highest BCUT2D eigenvalue weighted by atomic mass is 35.5. The summed E-state index contributed by atoms with van der Waals surface area (Å²) in [5.41, 5.74) is -0.353. The summed E-state index contributed by atoms with van der Waals surface area (Å²) in [5.74, 6) is 0.995. The number of imidazole rings is 1. The van der Waals surface area contributed by atoms with Crippen molar-refractivity contribution in [1.29, 1.82) is 0 Å². The number of rotatable bonds is 8. The Morgan fingerprint density at radius 1 is 1.16 bits per heavy atom. The number of nitrogens with zero attached hydrogens (tertiary/aromatic N) is 5. The molecule has 0 bridgehead atoms. The van der Waals surface area contributed by atoms with Gasteiger partial charge in [-0.15, -0.1) is 0 Å². The number of nitrogens with one attached hydrogen (secondary N) is 2. The lowest BCUT2D eigenvalue weighted by atomic mass is 9.89. The number of aromatic nitrogens is 4. The first-order valence-electron chi connectivity index (χ1n) is 11.5. The normalized spacial score (nSPS) is 17.2. The largest absolute Gasteiger partial charge is 0.493 e. The molecule has 13 heteroatoms. The summed E-state index contributed by atoms with van der Waals surface area (Å²) in [5, 5.41) is 6.29. The molecule has 3 heterocycles. The van der Waals surface area contributed by atoms with Gasteiger partial charge < -0.3 is 24.8 Å². The van der Waals surface area contributed by atoms with Gasteiger partial charge in [0.1, 0.15) is 11.5 Å². The molecule has 196 valence electrons. The van der Waals surface area contributed by atoms with E-state index in [9.17, 15) is 9.59 Å². The van der Waals surface area contributed by atoms with E-state index in [2.05, 4.69) is 25.6 Å². The zero-order valence-corrected chi connectivity index (χ0v) is 21.5. The Kier molecular flexibility index (Phi) is 8.09. The van der Waals surface area contributed by atoms with Gasteiger partial charge in [0.15, 0.2) is 17.0 Å². The third-order valence-corrected chi connectivity index (χ3v) is 6.31. The lowest BCUT2D eigenvalue weighted by Crippen LogP contribution is -2.67. The molecule has 4 rings (SSSR count). The summed E-state index contributed by atoms with van der Waals surface area (Å²) in [6, 6.07) is 7.04. The van der Waals surface area contributed by atoms with E-state index in [0.717, 1.165) is 5.56 Å². The number of piperazine rings is 1. The molecule has 1 aliphatic heterocycles. The van der Waals surface area contributed by atoms with E-state index in [4.69, 9.17) is 25.8 Å². The summed E-state index contributed by atoms with van der Waals surface area (Å²) in [4.78, 5) is 41.0. The van der Waals surface area contributed by atoms with Crippen LogP contribution in [0.1, 0.15) is 11.3 Å². The number of hydrogen-bond donors (Lipinski definition) is 2. The monoisotopic (exact) mass is 529 g/mol. The van der Waals surface area contributed by atoms with E-state index >= 15 is 0 Å². The number of benzene rings is 1. The van der Waals surface area contributed by atoms with Crippen LogP contribution in [-0.4, -0.2) is 83.9 Å². The number of amides is 2. The molecule has 1 aliphatic rings. The third kappa shape index (κ3) is 5.30. The Bertz CT molecular complexity index is 1260. The molecular weight excluding hydrogens is 502 g/mol. The van der Waals surface area contributed by atoms with Crippen LogP contribution in [0.5, 0.6) is 11.5 Å². The van der Waals surface area contributed by atoms with Gasteiger partial charge in [0.25, 0.3) is 5.91 Å². The number of ether oxygens (including phenoxy) is 3. The van der Waals surface area contributed by atoms with Crippen molar-refractivity contribution in [3.8, 4) is 17.4 Å². The maximum atomic E-state index is 13.9. The second kappa shape index (κ2) is 11.4. The predicted octanol–water partition coefficient (Wildman–Crippen LogP) is 1.56. The molecule has 37 heavy (non-hydrogen) atoms. The first-order chi connectivity index (χ1) is 17.9. The van der Waals surface area contributed by atoms with Crippen LogP contribution in [0, 0.1) is 0 Å². The fourth-order valence-corrected chi connectivity index (χ4v) is 4.44. The minimum atomic E-state index is -1.54. The van der Waals surface area contributed by atoms with Gasteiger partial charge >= 0.3 is 6.09 Å². The summed E-state index contributed by atoms with van der Waals surface area (Å²) in [7, 11) is 4.41. The van der Waals surface area contributed by atoms with Crippen molar-refractivity contribution in [3.05, 3.63) is 59.4 Å². The SMILES string of the molecule is COC(=O)N1CCNCC1(C(=O)NCCc1ccc(OC)c(OC)c1)c1cc(Cl)nc(-n2ccnc2)n1. The Hall–Kier alpha value is -3.90. The zero-order valence-electron chi connectivity index (χ0n) is 20.7. The standard InChI is InChI=1S/C24H28ClN7O5/c1-35-17-5-4-16(12-18(17)36-2)6-7-28-21(33)24(14-26-9-11-32(24)23(34)37-3)19-13-20(25)30-22(29-19)31-10-8-27-15-31/h4-5,8,10,12-13,15,26H,6-7,9,11,14H2,1-3H3,(H,28,33). The molecule has 0 spiro atoms. The van der Waals surface area contributed by atoms with E-state index in [1.807, 2.05) is 18.2 Å². The summed E-state index contributed by atoms with van der Waals surface area (Å²) < 4.78 is 17.3. The van der Waals surface area contributed by atoms with Gasteiger partial charge in [-0.1, -0.05) is 17.7 Å². The topological polar surface area (TPSA) is 133 Å². The Morgan fingerprint density at radius 2 is 1.97 bits per heavy atom. The molecule has 0 saturated carbocycles. The van der Waals surface area contributed by atoms with Gasteiger partial charge in [-0.05, 0) is 24.1 Å². The van der Waals surface area contributed by atoms with Crippen LogP contribution in [0.15, 0.2) is 43.0 Å². The molecule has 2 N–H and O–H groups in total. The highest BCUT2D eigenvalue weighted by Gasteiger charge is 2.51. The highest BCUT2D eigenvalue weighted by molar-refractivity contribution is 6.29. The van der Waals surface area contributed by atoms with E-state index < -0.39 is 17.5 Å². The number of halogens is 1. The second-order valence-corrected chi connectivity index (χ2v) is 8.59. The number of methoxy groups -OCH3 is 3. The van der Waals surface area contributed by atoms with Crippen LogP contribution in [0.4, 0.5) is 4.79 Å². The second-order valence-electron chi connectivity index (χ2n) is 8.20. The molecule has 1 fully saturated rings. The van der Waals surface area contributed by atoms with Crippen molar-refractivity contribution < 1.29 is 23.8 Å². The number of carbonyl (C=O) groups is 2. The first kappa shape index (κ1) is 26.2. The average Bonchev–Trinajstić information content (AvgIpc) is 3.47. The fourth-order valence-electron chi connectivity index (χ4n) is 4.26. The van der Waals surface area contributed by atoms with Gasteiger partial charge in [0.05, 0.1) is 27.0 Å². The minimum absolute atomic E-state index is 0.0982. The molecule has 1 saturated heterocycles. The van der Waals surface area contributed by atoms with Crippen molar-refractivity contribution in [2.24, 2.45) is 0 Å². The van der Waals surface area contributed by atoms with Crippen molar-refractivity contribution in [1.82, 2.24) is 35.1 Å². The summed E-state index contributed by atoms with van der Waals surface area (Å²) >= 11 is 6.36. The molecular formula is C24H28ClN7O5. The molecule has 0 radical (unpaired) electrons. The fraction of sp³-hybridized carbons (Fsp3) is 0.375. The van der Waals surface area contributed by atoms with Crippen molar-refractivity contribution in [2.45, 2.75) is 12.0 Å². The van der Waals surface area contributed by atoms with E-state index in [-0.39, 0.29) is 36.4 Å². The van der Waals surface area contributed by atoms with E-state index in [1.165, 1.54) is 24.4 Å². The van der Waals surface area contributed by atoms with Crippen LogP contribution < -0.4 is 20.1 Å². The minimum Gasteiger partial charge on any atom is -0.493 e. The maximum Gasteiger partial charge on any atom is 0.410 e. The van der Waals surface area contributed by atoms with Crippen molar-refractivity contribution in [2.75, 3.05) is 47.5 Å². The van der Waals surface area contributed by atoms with E-state index in [0.29, 0.717) is 24.5 Å². The molecule has 2 amide bonds.